The number of nitrogen functional groups attached to an aromatic ring is 1. The Bertz CT molecular complexity index is 433. The molecule has 2 rings (SSSR count). The molecule has 0 amide bonds. The lowest BCUT2D eigenvalue weighted by Gasteiger charge is -2.22. The zero-order valence-corrected chi connectivity index (χ0v) is 12.6. The average molecular weight is 279 g/mol. The van der Waals surface area contributed by atoms with Gasteiger partial charge in [0.25, 0.3) is 0 Å². The number of nitrogens with two attached hydrogens (primary N) is 1. The number of anilines is 3. The molecule has 1 atom stereocenters. The molecule has 7 nitrogen and oxygen atoms in total. The number of nitrogens with zero attached hydrogens (tertiary/aromatic N) is 5. The highest BCUT2D eigenvalue weighted by atomic mass is 15.4. The van der Waals surface area contributed by atoms with E-state index < -0.39 is 0 Å². The van der Waals surface area contributed by atoms with Gasteiger partial charge >= 0.3 is 0 Å². The van der Waals surface area contributed by atoms with E-state index in [-0.39, 0.29) is 0 Å². The lowest BCUT2D eigenvalue weighted by Crippen LogP contribution is -2.28. The summed E-state index contributed by atoms with van der Waals surface area (Å²) in [5.74, 6) is 8.06. The Balaban J connectivity index is 2.26. The fraction of sp³-hybridized carbons (Fsp3) is 0.769. The van der Waals surface area contributed by atoms with Gasteiger partial charge in [0.15, 0.2) is 0 Å². The monoisotopic (exact) mass is 279 g/mol. The third-order valence-corrected chi connectivity index (χ3v) is 3.93. The van der Waals surface area contributed by atoms with E-state index in [0.29, 0.717) is 11.9 Å². The van der Waals surface area contributed by atoms with E-state index in [4.69, 9.17) is 5.84 Å². The molecule has 0 spiro atoms. The third-order valence-electron chi connectivity index (χ3n) is 3.93. The van der Waals surface area contributed by atoms with Crippen molar-refractivity contribution in [1.82, 2.24) is 15.0 Å². The Morgan fingerprint density at radius 1 is 1.25 bits per heavy atom. The van der Waals surface area contributed by atoms with Gasteiger partial charge in [-0.15, -0.1) is 0 Å². The van der Waals surface area contributed by atoms with Gasteiger partial charge in [-0.1, -0.05) is 13.3 Å². The van der Waals surface area contributed by atoms with E-state index in [9.17, 15) is 0 Å². The molecule has 1 aromatic heterocycles. The molecule has 1 aromatic rings. The van der Waals surface area contributed by atoms with Crippen LogP contribution >= 0.6 is 0 Å². The van der Waals surface area contributed by atoms with Gasteiger partial charge in [0.05, 0.1) is 0 Å². The number of hydrazine groups is 1. The van der Waals surface area contributed by atoms with Crippen molar-refractivity contribution in [3.63, 3.8) is 0 Å². The summed E-state index contributed by atoms with van der Waals surface area (Å²) < 4.78 is 0. The van der Waals surface area contributed by atoms with Crippen molar-refractivity contribution in [3.05, 3.63) is 0 Å². The summed E-state index contributed by atoms with van der Waals surface area (Å²) >= 11 is 0. The van der Waals surface area contributed by atoms with Crippen molar-refractivity contribution in [2.45, 2.75) is 33.6 Å². The molecule has 2 heterocycles. The minimum atomic E-state index is 0.428. The number of hydrogen-bond donors (Lipinski definition) is 2. The Labute approximate surface area is 120 Å². The molecule has 0 aromatic carbocycles. The van der Waals surface area contributed by atoms with Crippen LogP contribution in [0.5, 0.6) is 0 Å². The first kappa shape index (κ1) is 14.8. The molecule has 112 valence electrons. The Hall–Kier alpha value is -1.63. The molecule has 1 saturated heterocycles. The van der Waals surface area contributed by atoms with Crippen LogP contribution in [0.2, 0.25) is 0 Å². The van der Waals surface area contributed by atoms with Crippen molar-refractivity contribution >= 4 is 17.8 Å². The number of hydrogen-bond acceptors (Lipinski definition) is 7. The lowest BCUT2D eigenvalue weighted by atomic mass is 10.1. The highest BCUT2D eigenvalue weighted by Crippen LogP contribution is 2.24. The van der Waals surface area contributed by atoms with Crippen molar-refractivity contribution in [2.75, 3.05) is 41.4 Å². The highest BCUT2D eigenvalue weighted by molar-refractivity contribution is 5.45. The number of nitrogens with one attached hydrogen (secondary N) is 1. The first-order chi connectivity index (χ1) is 9.71. The summed E-state index contributed by atoms with van der Waals surface area (Å²) in [5.41, 5.74) is 2.54. The van der Waals surface area contributed by atoms with E-state index in [1.54, 1.807) is 0 Å². The molecule has 0 bridgehead atoms. The fourth-order valence-electron chi connectivity index (χ4n) is 2.56. The Morgan fingerprint density at radius 2 is 2.00 bits per heavy atom. The summed E-state index contributed by atoms with van der Waals surface area (Å²) in [6.07, 6.45) is 2.40. The van der Waals surface area contributed by atoms with Gasteiger partial charge in [-0.05, 0) is 26.2 Å². The maximum absolute atomic E-state index is 5.48. The second kappa shape index (κ2) is 6.69. The van der Waals surface area contributed by atoms with Gasteiger partial charge in [0, 0.05) is 26.2 Å². The number of rotatable bonds is 6. The van der Waals surface area contributed by atoms with E-state index in [0.717, 1.165) is 38.0 Å². The van der Waals surface area contributed by atoms with Crippen LogP contribution in [-0.4, -0.2) is 41.1 Å². The predicted molar refractivity (Wildman–Crippen MR) is 81.8 cm³/mol. The minimum Gasteiger partial charge on any atom is -0.341 e. The van der Waals surface area contributed by atoms with Crippen LogP contribution in [0.3, 0.4) is 0 Å². The summed E-state index contributed by atoms with van der Waals surface area (Å²) in [7, 11) is 0. The molecule has 1 aliphatic heterocycles. The molecule has 3 N–H and O–H groups in total. The minimum absolute atomic E-state index is 0.428. The van der Waals surface area contributed by atoms with Gasteiger partial charge in [-0.2, -0.15) is 15.0 Å². The fourth-order valence-corrected chi connectivity index (χ4v) is 2.56. The van der Waals surface area contributed by atoms with Gasteiger partial charge in [0.1, 0.15) is 0 Å². The quantitative estimate of drug-likeness (QED) is 0.598. The standard InChI is InChI=1S/C13H25N7/c1-4-10-7-8-20(9-10)13-16-11(18-14)15-12(17-13)19(5-2)6-3/h10H,4-9,14H2,1-3H3,(H,15,16,17,18). The van der Waals surface area contributed by atoms with Gasteiger partial charge in [-0.3, -0.25) is 5.43 Å². The zero-order chi connectivity index (χ0) is 14.5. The second-order valence-electron chi connectivity index (χ2n) is 5.08. The van der Waals surface area contributed by atoms with Crippen LogP contribution in [-0.2, 0) is 0 Å². The van der Waals surface area contributed by atoms with Gasteiger partial charge < -0.3 is 9.80 Å². The molecule has 1 aliphatic rings. The summed E-state index contributed by atoms with van der Waals surface area (Å²) in [4.78, 5) is 17.7. The first-order valence-electron chi connectivity index (χ1n) is 7.44. The summed E-state index contributed by atoms with van der Waals surface area (Å²) in [5, 5.41) is 0. The largest absolute Gasteiger partial charge is 0.341 e. The van der Waals surface area contributed by atoms with Crippen LogP contribution in [0.15, 0.2) is 0 Å². The predicted octanol–water partition coefficient (Wildman–Crippen LogP) is 1.24. The Kier molecular flexibility index (Phi) is 4.94. The zero-order valence-electron chi connectivity index (χ0n) is 12.6. The third kappa shape index (κ3) is 3.09. The van der Waals surface area contributed by atoms with Crippen LogP contribution in [0.1, 0.15) is 33.6 Å². The maximum atomic E-state index is 5.48. The SMILES string of the molecule is CCC1CCN(c2nc(NN)nc(N(CC)CC)n2)C1. The molecule has 1 fully saturated rings. The van der Waals surface area contributed by atoms with Crippen molar-refractivity contribution in [2.24, 2.45) is 11.8 Å². The Morgan fingerprint density at radius 3 is 2.55 bits per heavy atom. The van der Waals surface area contributed by atoms with Crippen LogP contribution in [0.25, 0.3) is 0 Å². The van der Waals surface area contributed by atoms with Crippen molar-refractivity contribution in [3.8, 4) is 0 Å². The maximum Gasteiger partial charge on any atom is 0.243 e. The van der Waals surface area contributed by atoms with Crippen molar-refractivity contribution in [1.29, 1.82) is 0 Å². The van der Waals surface area contributed by atoms with Crippen molar-refractivity contribution < 1.29 is 0 Å². The summed E-state index contributed by atoms with van der Waals surface area (Å²) in [6.45, 7) is 10.2. The highest BCUT2D eigenvalue weighted by Gasteiger charge is 2.24. The molecule has 7 heteroatoms. The molecule has 0 saturated carbocycles. The first-order valence-corrected chi connectivity index (χ1v) is 7.44. The lowest BCUT2D eigenvalue weighted by molar-refractivity contribution is 0.568. The van der Waals surface area contributed by atoms with Gasteiger partial charge in [0.2, 0.25) is 17.8 Å². The van der Waals surface area contributed by atoms with Crippen LogP contribution < -0.4 is 21.1 Å². The molecule has 0 radical (unpaired) electrons. The normalized spacial score (nSPS) is 18.4. The van der Waals surface area contributed by atoms with Crippen LogP contribution in [0, 0.1) is 5.92 Å². The molecular weight excluding hydrogens is 254 g/mol. The number of aromatic nitrogens is 3. The summed E-state index contributed by atoms with van der Waals surface area (Å²) in [6, 6.07) is 0. The van der Waals surface area contributed by atoms with E-state index in [2.05, 4.69) is 50.9 Å². The van der Waals surface area contributed by atoms with E-state index in [1.165, 1.54) is 12.8 Å². The molecule has 20 heavy (non-hydrogen) atoms. The van der Waals surface area contributed by atoms with E-state index >= 15 is 0 Å². The average Bonchev–Trinajstić information content (AvgIpc) is 2.97. The second-order valence-corrected chi connectivity index (χ2v) is 5.08. The molecule has 1 unspecified atom stereocenters. The molecule has 0 aliphatic carbocycles. The van der Waals surface area contributed by atoms with Gasteiger partial charge in [-0.25, -0.2) is 5.84 Å². The van der Waals surface area contributed by atoms with E-state index in [1.807, 2.05) is 0 Å². The topological polar surface area (TPSA) is 83.2 Å². The smallest absolute Gasteiger partial charge is 0.243 e. The van der Waals surface area contributed by atoms with Crippen LogP contribution in [0.4, 0.5) is 17.8 Å². The molecular formula is C13H25N7.